The summed E-state index contributed by atoms with van der Waals surface area (Å²) in [6, 6.07) is 3.93. The van der Waals surface area contributed by atoms with Crippen molar-refractivity contribution >= 4 is 5.91 Å². The predicted octanol–water partition coefficient (Wildman–Crippen LogP) is 6.10. The molecule has 1 aromatic rings. The molecule has 0 aliphatic carbocycles. The van der Waals surface area contributed by atoms with Crippen molar-refractivity contribution in [2.45, 2.75) is 104 Å². The van der Waals surface area contributed by atoms with Crippen molar-refractivity contribution in [1.82, 2.24) is 5.32 Å². The highest BCUT2D eigenvalue weighted by Crippen LogP contribution is 2.26. The van der Waals surface area contributed by atoms with Crippen LogP contribution in [0.2, 0.25) is 0 Å². The summed E-state index contributed by atoms with van der Waals surface area (Å²) in [7, 11) is 0. The van der Waals surface area contributed by atoms with Crippen molar-refractivity contribution in [3.05, 3.63) is 28.8 Å². The maximum absolute atomic E-state index is 12.2. The fraction of sp³-hybridized carbons (Fsp3) is 0.708. The van der Waals surface area contributed by atoms with Crippen LogP contribution in [-0.2, 0) is 24.1 Å². The van der Waals surface area contributed by atoms with Crippen LogP contribution in [0.15, 0.2) is 12.1 Å². The Morgan fingerprint density at radius 3 is 1.78 bits per heavy atom. The lowest BCUT2D eigenvalue weighted by atomic mass is 9.99. The van der Waals surface area contributed by atoms with Gasteiger partial charge in [-0.15, -0.1) is 0 Å². The number of carbonyl (C=O) groups excluding carboxylic acids is 1. The Labute approximate surface area is 167 Å². The molecule has 2 N–H and O–H groups in total. The monoisotopic (exact) mass is 375 g/mol. The van der Waals surface area contributed by atoms with Crippen LogP contribution in [0.1, 0.15) is 102 Å². The van der Waals surface area contributed by atoms with Gasteiger partial charge in [0, 0.05) is 6.54 Å². The standard InChI is InChI=1S/C24H41NO2/c1-4-7-8-9-10-11-12-13-14-15-16-25-23(26)19-20-17-21(5-2)24(27)22(6-3)18-20/h17-18,27H,4-16,19H2,1-3H3,(H,25,26). The normalized spacial score (nSPS) is 10.9. The van der Waals surface area contributed by atoms with Gasteiger partial charge in [0.15, 0.2) is 0 Å². The zero-order valence-electron chi connectivity index (χ0n) is 17.9. The number of nitrogens with one attached hydrogen (secondary N) is 1. The van der Waals surface area contributed by atoms with Crippen LogP contribution in [-0.4, -0.2) is 17.6 Å². The minimum absolute atomic E-state index is 0.0840. The minimum atomic E-state index is 0.0840. The van der Waals surface area contributed by atoms with Gasteiger partial charge in [0.25, 0.3) is 0 Å². The van der Waals surface area contributed by atoms with Crippen molar-refractivity contribution in [3.8, 4) is 5.75 Å². The van der Waals surface area contributed by atoms with Crippen molar-refractivity contribution in [2.24, 2.45) is 0 Å². The van der Waals surface area contributed by atoms with Crippen molar-refractivity contribution in [2.75, 3.05) is 6.54 Å². The van der Waals surface area contributed by atoms with Gasteiger partial charge in [0.1, 0.15) is 5.75 Å². The molecule has 154 valence electrons. The number of phenols is 1. The lowest BCUT2D eigenvalue weighted by molar-refractivity contribution is -0.120. The smallest absolute Gasteiger partial charge is 0.224 e. The van der Waals surface area contributed by atoms with Crippen LogP contribution in [0.25, 0.3) is 0 Å². The van der Waals surface area contributed by atoms with Crippen LogP contribution in [0.3, 0.4) is 0 Å². The maximum atomic E-state index is 12.2. The highest BCUT2D eigenvalue weighted by molar-refractivity contribution is 5.78. The summed E-state index contributed by atoms with van der Waals surface area (Å²) in [6.45, 7) is 7.09. The van der Waals surface area contributed by atoms with Gasteiger partial charge in [-0.25, -0.2) is 0 Å². The number of unbranched alkanes of at least 4 members (excludes halogenated alkanes) is 9. The molecule has 0 atom stereocenters. The molecule has 0 aliphatic rings. The number of hydrogen-bond acceptors (Lipinski definition) is 2. The highest BCUT2D eigenvalue weighted by Gasteiger charge is 2.10. The van der Waals surface area contributed by atoms with E-state index in [9.17, 15) is 9.90 Å². The highest BCUT2D eigenvalue weighted by atomic mass is 16.3. The molecule has 0 saturated carbocycles. The molecule has 0 radical (unpaired) electrons. The number of hydrogen-bond donors (Lipinski definition) is 2. The average molecular weight is 376 g/mol. The third kappa shape index (κ3) is 9.83. The molecule has 3 nitrogen and oxygen atoms in total. The Kier molecular flexibility index (Phi) is 12.7. The Morgan fingerprint density at radius 1 is 0.815 bits per heavy atom. The lowest BCUT2D eigenvalue weighted by Gasteiger charge is -2.11. The number of aromatic hydroxyl groups is 1. The number of amides is 1. The van der Waals surface area contributed by atoms with E-state index in [-0.39, 0.29) is 5.91 Å². The van der Waals surface area contributed by atoms with E-state index in [4.69, 9.17) is 0 Å². The van der Waals surface area contributed by atoms with Gasteiger partial charge in [-0.3, -0.25) is 4.79 Å². The lowest BCUT2D eigenvalue weighted by Crippen LogP contribution is -2.26. The van der Waals surface area contributed by atoms with Crippen LogP contribution < -0.4 is 5.32 Å². The molecular weight excluding hydrogens is 334 g/mol. The molecule has 0 bridgehead atoms. The van der Waals surface area contributed by atoms with Crippen molar-refractivity contribution in [1.29, 1.82) is 0 Å². The first-order chi connectivity index (χ1) is 13.1. The SMILES string of the molecule is CCCCCCCCCCCCNC(=O)Cc1cc(CC)c(O)c(CC)c1. The molecule has 1 amide bonds. The Bertz CT molecular complexity index is 514. The second-order valence-corrected chi connectivity index (χ2v) is 7.68. The largest absolute Gasteiger partial charge is 0.507 e. The maximum Gasteiger partial charge on any atom is 0.224 e. The van der Waals surface area contributed by atoms with Gasteiger partial charge < -0.3 is 10.4 Å². The molecule has 27 heavy (non-hydrogen) atoms. The van der Waals surface area contributed by atoms with E-state index >= 15 is 0 Å². The van der Waals surface area contributed by atoms with Crippen LogP contribution >= 0.6 is 0 Å². The molecule has 0 fully saturated rings. The van der Waals surface area contributed by atoms with Gasteiger partial charge >= 0.3 is 0 Å². The third-order valence-electron chi connectivity index (χ3n) is 5.31. The first-order valence-corrected chi connectivity index (χ1v) is 11.2. The molecule has 0 saturated heterocycles. The summed E-state index contributed by atoms with van der Waals surface area (Å²) in [6.07, 6.45) is 15.1. The summed E-state index contributed by atoms with van der Waals surface area (Å²) >= 11 is 0. The summed E-state index contributed by atoms with van der Waals surface area (Å²) < 4.78 is 0. The summed E-state index contributed by atoms with van der Waals surface area (Å²) in [5.74, 6) is 0.482. The van der Waals surface area contributed by atoms with E-state index in [0.29, 0.717) is 12.2 Å². The van der Waals surface area contributed by atoms with Gasteiger partial charge in [0.05, 0.1) is 6.42 Å². The second-order valence-electron chi connectivity index (χ2n) is 7.68. The molecule has 3 heteroatoms. The predicted molar refractivity (Wildman–Crippen MR) is 115 cm³/mol. The van der Waals surface area contributed by atoms with Crippen LogP contribution in [0.4, 0.5) is 0 Å². The molecular formula is C24H41NO2. The van der Waals surface area contributed by atoms with E-state index < -0.39 is 0 Å². The zero-order chi connectivity index (χ0) is 19.9. The van der Waals surface area contributed by atoms with Gasteiger partial charge in [-0.05, 0) is 36.0 Å². The fourth-order valence-electron chi connectivity index (χ4n) is 3.56. The molecule has 0 spiro atoms. The average Bonchev–Trinajstić information content (AvgIpc) is 2.67. The van der Waals surface area contributed by atoms with E-state index in [2.05, 4.69) is 12.2 Å². The molecule has 0 heterocycles. The quantitative estimate of drug-likeness (QED) is 0.364. The van der Waals surface area contributed by atoms with Crippen molar-refractivity contribution < 1.29 is 9.90 Å². The van der Waals surface area contributed by atoms with E-state index in [0.717, 1.165) is 42.5 Å². The van der Waals surface area contributed by atoms with Crippen LogP contribution in [0.5, 0.6) is 5.75 Å². The minimum Gasteiger partial charge on any atom is -0.507 e. The van der Waals surface area contributed by atoms with E-state index in [1.165, 1.54) is 57.8 Å². The molecule has 1 aromatic carbocycles. The fourth-order valence-corrected chi connectivity index (χ4v) is 3.56. The second kappa shape index (κ2) is 14.5. The number of phenolic OH excluding ortho intramolecular Hbond substituents is 1. The number of aryl methyl sites for hydroxylation is 2. The Morgan fingerprint density at radius 2 is 1.30 bits per heavy atom. The molecule has 0 aliphatic heterocycles. The molecule has 0 unspecified atom stereocenters. The number of benzene rings is 1. The number of carbonyl (C=O) groups is 1. The first kappa shape index (κ1) is 23.5. The third-order valence-corrected chi connectivity index (χ3v) is 5.31. The van der Waals surface area contributed by atoms with Crippen LogP contribution in [0, 0.1) is 0 Å². The van der Waals surface area contributed by atoms with Gasteiger partial charge in [-0.1, -0.05) is 90.7 Å². The van der Waals surface area contributed by atoms with E-state index in [1.54, 1.807) is 0 Å². The number of rotatable bonds is 15. The summed E-state index contributed by atoms with van der Waals surface area (Å²) in [5, 5.41) is 13.2. The zero-order valence-corrected chi connectivity index (χ0v) is 17.9. The summed E-state index contributed by atoms with van der Waals surface area (Å²) in [4.78, 5) is 12.2. The molecule has 1 rings (SSSR count). The van der Waals surface area contributed by atoms with Gasteiger partial charge in [-0.2, -0.15) is 0 Å². The molecule has 0 aromatic heterocycles. The Hall–Kier alpha value is -1.51. The first-order valence-electron chi connectivity index (χ1n) is 11.2. The van der Waals surface area contributed by atoms with E-state index in [1.807, 2.05) is 26.0 Å². The topological polar surface area (TPSA) is 49.3 Å². The Balaban J connectivity index is 2.16. The van der Waals surface area contributed by atoms with Crippen molar-refractivity contribution in [3.63, 3.8) is 0 Å². The summed E-state index contributed by atoms with van der Waals surface area (Å²) in [5.41, 5.74) is 2.88. The van der Waals surface area contributed by atoms with Gasteiger partial charge in [0.2, 0.25) is 5.91 Å².